The van der Waals surface area contributed by atoms with Gasteiger partial charge in [0.2, 0.25) is 0 Å². The molecule has 3 heterocycles. The van der Waals surface area contributed by atoms with Gasteiger partial charge in [-0.1, -0.05) is 6.07 Å². The summed E-state index contributed by atoms with van der Waals surface area (Å²) in [4.78, 5) is 8.48. The second-order valence-corrected chi connectivity index (χ2v) is 6.85. The minimum atomic E-state index is -1.64. The normalized spacial score (nSPS) is 14.4. The van der Waals surface area contributed by atoms with E-state index < -0.39 is 11.4 Å². The van der Waals surface area contributed by atoms with Crippen molar-refractivity contribution >= 4 is 22.1 Å². The Kier molecular flexibility index (Phi) is 4.31. The largest absolute Gasteiger partial charge is 0.394 e. The molecule has 0 saturated heterocycles. The van der Waals surface area contributed by atoms with Crippen molar-refractivity contribution in [1.29, 1.82) is 0 Å². The Morgan fingerprint density at radius 3 is 2.86 bits per heavy atom. The third-order valence-electron chi connectivity index (χ3n) is 4.84. The molecular weight excluding hydrogens is 357 g/mol. The van der Waals surface area contributed by atoms with Crippen LogP contribution in [-0.2, 0) is 5.60 Å². The lowest BCUT2D eigenvalue weighted by molar-refractivity contribution is 0.0913. The number of hydrogen-bond donors (Lipinski definition) is 2. The Labute approximate surface area is 161 Å². The third-order valence-corrected chi connectivity index (χ3v) is 4.84. The van der Waals surface area contributed by atoms with Crippen LogP contribution < -0.4 is 5.32 Å². The lowest BCUT2D eigenvalue weighted by atomic mass is 9.91. The molecule has 0 fully saturated rings. The molecular formula is C21H20FN5O. The second-order valence-electron chi connectivity index (χ2n) is 6.85. The maximum Gasteiger partial charge on any atom is 0.153 e. The minimum Gasteiger partial charge on any atom is -0.394 e. The van der Waals surface area contributed by atoms with Gasteiger partial charge in [0.25, 0.3) is 0 Å². The fourth-order valence-electron chi connectivity index (χ4n) is 3.31. The van der Waals surface area contributed by atoms with Gasteiger partial charge in [-0.3, -0.25) is 4.98 Å². The van der Waals surface area contributed by atoms with Gasteiger partial charge < -0.3 is 10.4 Å². The van der Waals surface area contributed by atoms with E-state index in [1.807, 2.05) is 38.4 Å². The molecule has 0 saturated carbocycles. The van der Waals surface area contributed by atoms with Crippen LogP contribution in [0.3, 0.4) is 0 Å². The Morgan fingerprint density at radius 1 is 1.25 bits per heavy atom. The molecule has 4 rings (SSSR count). The molecule has 142 valence electrons. The summed E-state index contributed by atoms with van der Waals surface area (Å²) in [6.45, 7) is 3.47. The SMILES string of the molecule is CN/C=C(\C)c1ccc2ncc(C(C)(O)c3cc4cccnc4cc3F)n2n1. The maximum atomic E-state index is 14.8. The van der Waals surface area contributed by atoms with Crippen LogP contribution in [0.1, 0.15) is 30.8 Å². The predicted molar refractivity (Wildman–Crippen MR) is 106 cm³/mol. The number of benzene rings is 1. The van der Waals surface area contributed by atoms with Gasteiger partial charge in [0.15, 0.2) is 5.65 Å². The molecule has 2 N–H and O–H groups in total. The molecule has 0 aliphatic heterocycles. The van der Waals surface area contributed by atoms with E-state index in [2.05, 4.69) is 20.4 Å². The highest BCUT2D eigenvalue weighted by Crippen LogP contribution is 2.33. The Balaban J connectivity index is 1.90. The highest BCUT2D eigenvalue weighted by molar-refractivity contribution is 5.79. The van der Waals surface area contributed by atoms with E-state index >= 15 is 0 Å². The molecule has 1 atom stereocenters. The minimum absolute atomic E-state index is 0.143. The van der Waals surface area contributed by atoms with Gasteiger partial charge in [-0.25, -0.2) is 13.9 Å². The number of nitrogens with zero attached hydrogens (tertiary/aromatic N) is 4. The Morgan fingerprint density at radius 2 is 2.07 bits per heavy atom. The van der Waals surface area contributed by atoms with Crippen LogP contribution in [0.5, 0.6) is 0 Å². The summed E-state index contributed by atoms with van der Waals surface area (Å²) < 4.78 is 16.4. The molecule has 0 aliphatic rings. The van der Waals surface area contributed by atoms with Gasteiger partial charge in [-0.05, 0) is 43.7 Å². The third kappa shape index (κ3) is 2.90. The van der Waals surface area contributed by atoms with Crippen molar-refractivity contribution in [3.63, 3.8) is 0 Å². The molecule has 0 amide bonds. The first-order valence-electron chi connectivity index (χ1n) is 8.88. The maximum absolute atomic E-state index is 14.8. The fourth-order valence-corrected chi connectivity index (χ4v) is 3.31. The van der Waals surface area contributed by atoms with Crippen LogP contribution in [0.2, 0.25) is 0 Å². The summed E-state index contributed by atoms with van der Waals surface area (Å²) in [5.74, 6) is -0.534. The van der Waals surface area contributed by atoms with Crippen molar-refractivity contribution in [3.8, 4) is 0 Å². The summed E-state index contributed by atoms with van der Waals surface area (Å²) in [5.41, 5.74) is 1.63. The van der Waals surface area contributed by atoms with Crippen LogP contribution in [0.25, 0.3) is 22.1 Å². The Bertz CT molecular complexity index is 1210. The highest BCUT2D eigenvalue weighted by Gasteiger charge is 2.33. The summed E-state index contributed by atoms with van der Waals surface area (Å²) in [6, 6.07) is 10.2. The van der Waals surface area contributed by atoms with Crippen LogP contribution in [0.4, 0.5) is 4.39 Å². The molecule has 0 spiro atoms. The van der Waals surface area contributed by atoms with Crippen LogP contribution in [0, 0.1) is 5.82 Å². The van der Waals surface area contributed by atoms with Gasteiger partial charge in [0, 0.05) is 36.5 Å². The van der Waals surface area contributed by atoms with Crippen molar-refractivity contribution in [2.75, 3.05) is 7.05 Å². The van der Waals surface area contributed by atoms with E-state index in [1.165, 1.54) is 12.3 Å². The van der Waals surface area contributed by atoms with E-state index in [0.29, 0.717) is 16.9 Å². The number of fused-ring (bicyclic) bond motifs is 2. The lowest BCUT2D eigenvalue weighted by Crippen LogP contribution is -2.27. The molecule has 0 radical (unpaired) electrons. The number of pyridine rings is 1. The molecule has 3 aromatic heterocycles. The molecule has 0 aliphatic carbocycles. The Hall–Kier alpha value is -3.32. The van der Waals surface area contributed by atoms with Gasteiger partial charge in [-0.15, -0.1) is 0 Å². The van der Waals surface area contributed by atoms with Gasteiger partial charge in [0.1, 0.15) is 11.4 Å². The summed E-state index contributed by atoms with van der Waals surface area (Å²) in [7, 11) is 1.81. The lowest BCUT2D eigenvalue weighted by Gasteiger charge is -2.24. The van der Waals surface area contributed by atoms with Crippen molar-refractivity contribution in [2.45, 2.75) is 19.4 Å². The number of rotatable bonds is 4. The van der Waals surface area contributed by atoms with E-state index in [9.17, 15) is 9.50 Å². The van der Waals surface area contributed by atoms with Crippen molar-refractivity contribution in [2.24, 2.45) is 0 Å². The topological polar surface area (TPSA) is 75.3 Å². The number of aromatic nitrogens is 4. The standard InChI is InChI=1S/C21H20FN5O/c1-13(11-23-3)17-6-7-20-25-12-19(27(20)26-17)21(2,28)15-9-14-5-4-8-24-18(14)10-16(15)22/h4-12,23,28H,1-3H3/b13-11+. The number of allylic oxidation sites excluding steroid dienone is 1. The molecule has 1 aromatic carbocycles. The summed E-state index contributed by atoms with van der Waals surface area (Å²) >= 11 is 0. The first-order chi connectivity index (χ1) is 13.4. The quantitative estimate of drug-likeness (QED) is 0.571. The predicted octanol–water partition coefficient (Wildman–Crippen LogP) is 3.25. The monoisotopic (exact) mass is 377 g/mol. The average Bonchev–Trinajstić information content (AvgIpc) is 3.11. The van der Waals surface area contributed by atoms with Gasteiger partial charge >= 0.3 is 0 Å². The van der Waals surface area contributed by atoms with E-state index in [-0.39, 0.29) is 5.56 Å². The van der Waals surface area contributed by atoms with Crippen LogP contribution in [-0.4, -0.2) is 31.7 Å². The van der Waals surface area contributed by atoms with E-state index in [0.717, 1.165) is 16.7 Å². The number of aliphatic hydroxyl groups is 1. The number of halogens is 1. The zero-order chi connectivity index (χ0) is 19.9. The van der Waals surface area contributed by atoms with E-state index in [4.69, 9.17) is 0 Å². The average molecular weight is 377 g/mol. The zero-order valence-corrected chi connectivity index (χ0v) is 15.8. The molecule has 7 heteroatoms. The van der Waals surface area contributed by atoms with Crippen LogP contribution in [0.15, 0.2) is 55.0 Å². The van der Waals surface area contributed by atoms with Gasteiger partial charge in [-0.2, -0.15) is 5.10 Å². The first kappa shape index (κ1) is 18.1. The van der Waals surface area contributed by atoms with Crippen molar-refractivity contribution in [3.05, 3.63) is 77.8 Å². The smallest absolute Gasteiger partial charge is 0.153 e. The fraction of sp³-hybridized carbons (Fsp3) is 0.190. The highest BCUT2D eigenvalue weighted by atomic mass is 19.1. The van der Waals surface area contributed by atoms with Crippen molar-refractivity contribution in [1.82, 2.24) is 24.9 Å². The molecule has 1 unspecified atom stereocenters. The molecule has 6 nitrogen and oxygen atoms in total. The summed E-state index contributed by atoms with van der Waals surface area (Å²) in [5, 5.41) is 19.6. The molecule has 4 aromatic rings. The van der Waals surface area contributed by atoms with Crippen molar-refractivity contribution < 1.29 is 9.50 Å². The second kappa shape index (κ2) is 6.69. The zero-order valence-electron chi connectivity index (χ0n) is 15.8. The first-order valence-corrected chi connectivity index (χ1v) is 8.88. The molecule has 0 bridgehead atoms. The number of imidazole rings is 1. The van der Waals surface area contributed by atoms with Crippen LogP contribution >= 0.6 is 0 Å². The van der Waals surface area contributed by atoms with E-state index in [1.54, 1.807) is 29.8 Å². The number of hydrogen-bond acceptors (Lipinski definition) is 5. The van der Waals surface area contributed by atoms with Gasteiger partial charge in [0.05, 0.1) is 23.1 Å². The number of nitrogens with one attached hydrogen (secondary N) is 1. The summed E-state index contributed by atoms with van der Waals surface area (Å²) in [6.07, 6.45) is 4.96. The molecule has 28 heavy (non-hydrogen) atoms.